The van der Waals surface area contributed by atoms with Gasteiger partial charge in [0.25, 0.3) is 0 Å². The Morgan fingerprint density at radius 3 is 2.83 bits per heavy atom. The van der Waals surface area contributed by atoms with E-state index in [2.05, 4.69) is 13.8 Å². The second-order valence-electron chi connectivity index (χ2n) is 3.68. The van der Waals surface area contributed by atoms with Crippen LogP contribution in [0.2, 0.25) is 0 Å². The van der Waals surface area contributed by atoms with Crippen molar-refractivity contribution < 1.29 is 4.79 Å². The molecule has 0 bridgehead atoms. The summed E-state index contributed by atoms with van der Waals surface area (Å²) in [5, 5.41) is 0. The highest BCUT2D eigenvalue weighted by Gasteiger charge is 2.23. The van der Waals surface area contributed by atoms with Crippen LogP contribution >= 0.6 is 0 Å². The van der Waals surface area contributed by atoms with Gasteiger partial charge in [-0.15, -0.1) is 0 Å². The van der Waals surface area contributed by atoms with Crippen molar-refractivity contribution in [2.75, 3.05) is 6.54 Å². The Bertz CT molecular complexity index is 156. The van der Waals surface area contributed by atoms with Gasteiger partial charge in [0.05, 0.1) is 0 Å². The van der Waals surface area contributed by atoms with Crippen LogP contribution in [0.5, 0.6) is 0 Å². The molecule has 0 unspecified atom stereocenters. The third-order valence-corrected chi connectivity index (χ3v) is 2.62. The molecule has 12 heavy (non-hydrogen) atoms. The van der Waals surface area contributed by atoms with Gasteiger partial charge in [-0.3, -0.25) is 4.79 Å². The van der Waals surface area contributed by atoms with Crippen molar-refractivity contribution in [3.8, 4) is 0 Å². The number of rotatable bonds is 3. The van der Waals surface area contributed by atoms with Gasteiger partial charge in [-0.05, 0) is 26.2 Å². The van der Waals surface area contributed by atoms with Crippen molar-refractivity contribution in [3.63, 3.8) is 0 Å². The number of likely N-dealkylation sites (tertiary alicyclic amines) is 1. The maximum Gasteiger partial charge on any atom is 0.222 e. The van der Waals surface area contributed by atoms with Crippen LogP contribution in [0.3, 0.4) is 0 Å². The molecule has 2 heteroatoms. The molecule has 1 rings (SSSR count). The van der Waals surface area contributed by atoms with E-state index in [1.165, 1.54) is 12.8 Å². The van der Waals surface area contributed by atoms with Gasteiger partial charge >= 0.3 is 0 Å². The predicted octanol–water partition coefficient (Wildman–Crippen LogP) is 2.19. The summed E-state index contributed by atoms with van der Waals surface area (Å²) in [7, 11) is 0. The van der Waals surface area contributed by atoms with E-state index in [1.54, 1.807) is 0 Å². The lowest BCUT2D eigenvalue weighted by Crippen LogP contribution is -2.33. The summed E-state index contributed by atoms with van der Waals surface area (Å²) >= 11 is 0. The quantitative estimate of drug-likeness (QED) is 0.634. The first-order valence-electron chi connectivity index (χ1n) is 5.05. The first-order chi connectivity index (χ1) is 5.75. The largest absolute Gasteiger partial charge is 0.340 e. The molecule has 0 aromatic heterocycles. The van der Waals surface area contributed by atoms with E-state index in [0.717, 1.165) is 25.8 Å². The van der Waals surface area contributed by atoms with Gasteiger partial charge in [0.1, 0.15) is 0 Å². The van der Waals surface area contributed by atoms with E-state index in [-0.39, 0.29) is 0 Å². The molecular weight excluding hydrogens is 150 g/mol. The van der Waals surface area contributed by atoms with Crippen LogP contribution in [-0.2, 0) is 4.79 Å². The molecule has 2 nitrogen and oxygen atoms in total. The molecule has 0 radical (unpaired) electrons. The minimum Gasteiger partial charge on any atom is -0.340 e. The first kappa shape index (κ1) is 9.56. The second kappa shape index (κ2) is 4.48. The summed E-state index contributed by atoms with van der Waals surface area (Å²) in [4.78, 5) is 13.6. The zero-order chi connectivity index (χ0) is 8.97. The van der Waals surface area contributed by atoms with Crippen LogP contribution in [0.4, 0.5) is 0 Å². The van der Waals surface area contributed by atoms with Gasteiger partial charge in [0.2, 0.25) is 5.91 Å². The molecule has 0 N–H and O–H groups in total. The number of carbonyl (C=O) groups is 1. The lowest BCUT2D eigenvalue weighted by atomic mass is 10.2. The molecule has 1 fully saturated rings. The lowest BCUT2D eigenvalue weighted by Gasteiger charge is -2.21. The summed E-state index contributed by atoms with van der Waals surface area (Å²) in [5.41, 5.74) is 0. The van der Waals surface area contributed by atoms with E-state index in [0.29, 0.717) is 11.9 Å². The van der Waals surface area contributed by atoms with Crippen molar-refractivity contribution in [2.45, 2.75) is 52.0 Å². The molecule has 0 aromatic rings. The minimum absolute atomic E-state index is 0.363. The smallest absolute Gasteiger partial charge is 0.222 e. The molecule has 0 aliphatic carbocycles. The third-order valence-electron chi connectivity index (χ3n) is 2.62. The molecule has 1 aliphatic heterocycles. The first-order valence-corrected chi connectivity index (χ1v) is 5.05. The van der Waals surface area contributed by atoms with Crippen LogP contribution in [0.15, 0.2) is 0 Å². The molecule has 1 heterocycles. The van der Waals surface area contributed by atoms with Crippen molar-refractivity contribution in [1.82, 2.24) is 4.90 Å². The number of carbonyl (C=O) groups excluding carboxylic acids is 1. The van der Waals surface area contributed by atoms with E-state index in [1.807, 2.05) is 4.90 Å². The highest BCUT2D eigenvalue weighted by atomic mass is 16.2. The summed E-state index contributed by atoms with van der Waals surface area (Å²) in [5.74, 6) is 0.363. The van der Waals surface area contributed by atoms with E-state index in [4.69, 9.17) is 0 Å². The van der Waals surface area contributed by atoms with E-state index >= 15 is 0 Å². The van der Waals surface area contributed by atoms with Gasteiger partial charge < -0.3 is 4.90 Å². The predicted molar refractivity (Wildman–Crippen MR) is 49.9 cm³/mol. The summed E-state index contributed by atoms with van der Waals surface area (Å²) < 4.78 is 0. The van der Waals surface area contributed by atoms with Crippen molar-refractivity contribution in [1.29, 1.82) is 0 Å². The third kappa shape index (κ3) is 2.23. The zero-order valence-corrected chi connectivity index (χ0v) is 8.18. The maximum atomic E-state index is 11.5. The molecule has 70 valence electrons. The monoisotopic (exact) mass is 169 g/mol. The van der Waals surface area contributed by atoms with Crippen molar-refractivity contribution in [2.24, 2.45) is 0 Å². The van der Waals surface area contributed by atoms with Crippen molar-refractivity contribution in [3.05, 3.63) is 0 Å². The Labute approximate surface area is 74.9 Å². The topological polar surface area (TPSA) is 20.3 Å². The highest BCUT2D eigenvalue weighted by Crippen LogP contribution is 2.17. The minimum atomic E-state index is 0.363. The van der Waals surface area contributed by atoms with Crippen molar-refractivity contribution >= 4 is 5.91 Å². The van der Waals surface area contributed by atoms with Crippen LogP contribution < -0.4 is 0 Å². The van der Waals surface area contributed by atoms with Crippen LogP contribution in [0.1, 0.15) is 46.0 Å². The molecule has 1 amide bonds. The molecular formula is C10H19NO. The molecule has 1 atom stereocenters. The Hall–Kier alpha value is -0.530. The average Bonchev–Trinajstić information content (AvgIpc) is 2.47. The van der Waals surface area contributed by atoms with E-state index in [9.17, 15) is 4.79 Å². The number of amides is 1. The molecule has 1 saturated heterocycles. The SMILES string of the molecule is CCCCC(=O)N1CCC[C@H]1C. The summed E-state index contributed by atoms with van der Waals surface area (Å²) in [6.07, 6.45) is 5.30. The van der Waals surface area contributed by atoms with Gasteiger partial charge in [-0.25, -0.2) is 0 Å². The fraction of sp³-hybridized carbons (Fsp3) is 0.900. The van der Waals surface area contributed by atoms with Crippen LogP contribution in [0.25, 0.3) is 0 Å². The Morgan fingerprint density at radius 2 is 2.33 bits per heavy atom. The second-order valence-corrected chi connectivity index (χ2v) is 3.68. The molecule has 0 aromatic carbocycles. The molecule has 0 saturated carbocycles. The fourth-order valence-corrected chi connectivity index (χ4v) is 1.78. The molecule has 1 aliphatic rings. The maximum absolute atomic E-state index is 11.5. The number of hydrogen-bond donors (Lipinski definition) is 0. The number of unbranched alkanes of at least 4 members (excludes halogenated alkanes) is 1. The number of hydrogen-bond acceptors (Lipinski definition) is 1. The summed E-state index contributed by atoms with van der Waals surface area (Å²) in [6, 6.07) is 0.495. The van der Waals surface area contributed by atoms with Gasteiger partial charge in [0, 0.05) is 19.0 Å². The molecule has 0 spiro atoms. The zero-order valence-electron chi connectivity index (χ0n) is 8.18. The van der Waals surface area contributed by atoms with Crippen LogP contribution in [-0.4, -0.2) is 23.4 Å². The summed E-state index contributed by atoms with van der Waals surface area (Å²) in [6.45, 7) is 5.27. The van der Waals surface area contributed by atoms with E-state index < -0.39 is 0 Å². The van der Waals surface area contributed by atoms with Gasteiger partial charge in [0.15, 0.2) is 0 Å². The Kier molecular flexibility index (Phi) is 3.57. The lowest BCUT2D eigenvalue weighted by molar-refractivity contribution is -0.131. The number of nitrogens with zero attached hydrogens (tertiary/aromatic N) is 1. The fourth-order valence-electron chi connectivity index (χ4n) is 1.78. The average molecular weight is 169 g/mol. The van der Waals surface area contributed by atoms with Crippen LogP contribution in [0, 0.1) is 0 Å². The Balaban J connectivity index is 2.30. The highest BCUT2D eigenvalue weighted by molar-refractivity contribution is 5.76. The van der Waals surface area contributed by atoms with Gasteiger partial charge in [-0.1, -0.05) is 13.3 Å². The Morgan fingerprint density at radius 1 is 1.58 bits per heavy atom. The normalized spacial score (nSPS) is 23.2. The van der Waals surface area contributed by atoms with Gasteiger partial charge in [-0.2, -0.15) is 0 Å². The standard InChI is InChI=1S/C10H19NO/c1-3-4-7-10(12)11-8-5-6-9(11)2/h9H,3-8H2,1-2H3/t9-/m1/s1.